The molecule has 0 fully saturated rings. The summed E-state index contributed by atoms with van der Waals surface area (Å²) in [5.74, 6) is 0. The summed E-state index contributed by atoms with van der Waals surface area (Å²) in [6.07, 6.45) is 1.61. The average molecular weight is 372 g/mol. The molecule has 0 aliphatic rings. The quantitative estimate of drug-likeness (QED) is 0.847. The Morgan fingerprint density at radius 1 is 1.33 bits per heavy atom. The molecule has 5 nitrogen and oxygen atoms in total. The molecule has 1 aromatic carbocycles. The first-order valence-corrected chi connectivity index (χ1v) is 8.83. The molecule has 1 heterocycles. The van der Waals surface area contributed by atoms with Gasteiger partial charge in [0.15, 0.2) is 0 Å². The molecule has 0 aliphatic heterocycles. The van der Waals surface area contributed by atoms with Crippen LogP contribution >= 0.6 is 15.9 Å². The van der Waals surface area contributed by atoms with E-state index in [9.17, 15) is 8.42 Å². The molecule has 0 saturated heterocycles. The highest BCUT2D eigenvalue weighted by Gasteiger charge is 2.18. The summed E-state index contributed by atoms with van der Waals surface area (Å²) in [4.78, 5) is 0.229. The first-order valence-electron chi connectivity index (χ1n) is 6.55. The number of aryl methyl sites for hydroxylation is 2. The van der Waals surface area contributed by atoms with Crippen LogP contribution in [0.15, 0.2) is 39.8 Å². The highest BCUT2D eigenvalue weighted by atomic mass is 79.9. The van der Waals surface area contributed by atoms with Crippen molar-refractivity contribution in [3.05, 3.63) is 46.2 Å². The van der Waals surface area contributed by atoms with Crippen LogP contribution in [0.5, 0.6) is 0 Å². The van der Waals surface area contributed by atoms with E-state index in [4.69, 9.17) is 5.73 Å². The van der Waals surface area contributed by atoms with Crippen molar-refractivity contribution < 1.29 is 8.42 Å². The molecule has 0 radical (unpaired) electrons. The standard InChI is InChI=1S/C14H18BrN3O2S/c1-3-18-9-13(7-12(18)8-16)21(19,20)17-14-5-4-11(15)6-10(14)2/h4-7,9,17H,3,8,16H2,1-2H3. The molecule has 2 aromatic rings. The Morgan fingerprint density at radius 2 is 2.05 bits per heavy atom. The van der Waals surface area contributed by atoms with E-state index in [-0.39, 0.29) is 4.90 Å². The van der Waals surface area contributed by atoms with Crippen molar-refractivity contribution in [2.75, 3.05) is 4.72 Å². The highest BCUT2D eigenvalue weighted by molar-refractivity contribution is 9.10. The number of hydrogen-bond acceptors (Lipinski definition) is 3. The molecule has 0 bridgehead atoms. The third-order valence-electron chi connectivity index (χ3n) is 3.25. The zero-order valence-electron chi connectivity index (χ0n) is 11.9. The van der Waals surface area contributed by atoms with Crippen molar-refractivity contribution in [3.8, 4) is 0 Å². The van der Waals surface area contributed by atoms with Gasteiger partial charge in [-0.2, -0.15) is 0 Å². The zero-order valence-corrected chi connectivity index (χ0v) is 14.3. The fourth-order valence-corrected chi connectivity index (χ4v) is 3.75. The third-order valence-corrected chi connectivity index (χ3v) is 5.08. The number of nitrogens with zero attached hydrogens (tertiary/aromatic N) is 1. The Kier molecular flexibility index (Phi) is 4.75. The molecule has 2 rings (SSSR count). The van der Waals surface area contributed by atoms with Gasteiger partial charge in [-0.15, -0.1) is 0 Å². The molecule has 0 aliphatic carbocycles. The Bertz CT molecular complexity index is 732. The van der Waals surface area contributed by atoms with E-state index in [0.717, 1.165) is 15.7 Å². The maximum absolute atomic E-state index is 12.5. The zero-order chi connectivity index (χ0) is 15.6. The van der Waals surface area contributed by atoms with Crippen molar-refractivity contribution >= 4 is 31.6 Å². The molecule has 114 valence electrons. The van der Waals surface area contributed by atoms with Gasteiger partial charge >= 0.3 is 0 Å². The smallest absolute Gasteiger partial charge is 0.263 e. The molecular weight excluding hydrogens is 354 g/mol. The Morgan fingerprint density at radius 3 is 2.57 bits per heavy atom. The van der Waals surface area contributed by atoms with Crippen LogP contribution in [-0.4, -0.2) is 13.0 Å². The number of anilines is 1. The number of aromatic nitrogens is 1. The fourth-order valence-electron chi connectivity index (χ4n) is 2.08. The van der Waals surface area contributed by atoms with Crippen LogP contribution in [0.25, 0.3) is 0 Å². The molecule has 0 saturated carbocycles. The van der Waals surface area contributed by atoms with Gasteiger partial charge in [-0.3, -0.25) is 4.72 Å². The number of nitrogens with two attached hydrogens (primary N) is 1. The van der Waals surface area contributed by atoms with Crippen molar-refractivity contribution in [1.29, 1.82) is 0 Å². The summed E-state index contributed by atoms with van der Waals surface area (Å²) in [7, 11) is -3.61. The molecule has 0 amide bonds. The Balaban J connectivity index is 2.36. The Labute approximate surface area is 133 Å². The number of rotatable bonds is 5. The summed E-state index contributed by atoms with van der Waals surface area (Å²) in [5.41, 5.74) is 7.85. The first-order chi connectivity index (χ1) is 9.87. The number of halogens is 1. The lowest BCUT2D eigenvalue weighted by molar-refractivity contribution is 0.600. The van der Waals surface area contributed by atoms with Gasteiger partial charge < -0.3 is 10.3 Å². The van der Waals surface area contributed by atoms with Gasteiger partial charge in [-0.1, -0.05) is 15.9 Å². The van der Waals surface area contributed by atoms with Gasteiger partial charge in [0.05, 0.1) is 5.69 Å². The summed E-state index contributed by atoms with van der Waals surface area (Å²) in [6.45, 7) is 4.78. The largest absolute Gasteiger partial charge is 0.349 e. The van der Waals surface area contributed by atoms with Crippen molar-refractivity contribution in [3.63, 3.8) is 0 Å². The molecule has 1 aromatic heterocycles. The van der Waals surface area contributed by atoms with Crippen LogP contribution in [0.3, 0.4) is 0 Å². The van der Waals surface area contributed by atoms with E-state index >= 15 is 0 Å². The summed E-state index contributed by atoms with van der Waals surface area (Å²) < 4.78 is 30.3. The SMILES string of the molecule is CCn1cc(S(=O)(=O)Nc2ccc(Br)cc2C)cc1CN. The van der Waals surface area contributed by atoms with Gasteiger partial charge in [-0.25, -0.2) is 8.42 Å². The van der Waals surface area contributed by atoms with E-state index < -0.39 is 10.0 Å². The van der Waals surface area contributed by atoms with Gasteiger partial charge in [0.2, 0.25) is 0 Å². The minimum atomic E-state index is -3.61. The summed E-state index contributed by atoms with van der Waals surface area (Å²) in [5, 5.41) is 0. The minimum Gasteiger partial charge on any atom is -0.349 e. The van der Waals surface area contributed by atoms with Gasteiger partial charge in [0.25, 0.3) is 10.0 Å². The van der Waals surface area contributed by atoms with Crippen LogP contribution in [0.4, 0.5) is 5.69 Å². The van der Waals surface area contributed by atoms with E-state index in [1.165, 1.54) is 0 Å². The van der Waals surface area contributed by atoms with E-state index in [1.807, 2.05) is 24.5 Å². The van der Waals surface area contributed by atoms with Gasteiger partial charge in [0, 0.05) is 29.5 Å². The van der Waals surface area contributed by atoms with Crippen LogP contribution in [0, 0.1) is 6.92 Å². The van der Waals surface area contributed by atoms with Crippen LogP contribution < -0.4 is 10.5 Å². The second kappa shape index (κ2) is 6.21. The second-order valence-corrected chi connectivity index (χ2v) is 7.32. The normalized spacial score (nSPS) is 11.6. The molecule has 0 unspecified atom stereocenters. The predicted octanol–water partition coefficient (Wildman–Crippen LogP) is 2.84. The lowest BCUT2D eigenvalue weighted by Gasteiger charge is -2.09. The van der Waals surface area contributed by atoms with Crippen molar-refractivity contribution in [1.82, 2.24) is 4.57 Å². The molecule has 7 heteroatoms. The topological polar surface area (TPSA) is 77.1 Å². The second-order valence-electron chi connectivity index (χ2n) is 4.72. The monoisotopic (exact) mass is 371 g/mol. The van der Waals surface area contributed by atoms with Gasteiger partial charge in [-0.05, 0) is 43.7 Å². The number of sulfonamides is 1. The maximum atomic E-state index is 12.5. The van der Waals surface area contributed by atoms with Crippen molar-refractivity contribution in [2.45, 2.75) is 31.8 Å². The molecular formula is C14H18BrN3O2S. The number of nitrogens with one attached hydrogen (secondary N) is 1. The molecule has 0 atom stereocenters. The third kappa shape index (κ3) is 3.48. The molecule has 0 spiro atoms. The number of hydrogen-bond donors (Lipinski definition) is 2. The first kappa shape index (κ1) is 16.1. The average Bonchev–Trinajstić information content (AvgIpc) is 2.86. The number of benzene rings is 1. The van der Waals surface area contributed by atoms with Crippen LogP contribution in [0.2, 0.25) is 0 Å². The fraction of sp³-hybridized carbons (Fsp3) is 0.286. The molecule has 21 heavy (non-hydrogen) atoms. The summed E-state index contributed by atoms with van der Waals surface area (Å²) >= 11 is 3.36. The molecule has 3 N–H and O–H groups in total. The Hall–Kier alpha value is -1.31. The highest BCUT2D eigenvalue weighted by Crippen LogP contribution is 2.24. The van der Waals surface area contributed by atoms with E-state index in [0.29, 0.717) is 18.8 Å². The predicted molar refractivity (Wildman–Crippen MR) is 87.7 cm³/mol. The minimum absolute atomic E-state index is 0.229. The van der Waals surface area contributed by atoms with E-state index in [2.05, 4.69) is 20.7 Å². The summed E-state index contributed by atoms with van der Waals surface area (Å²) in [6, 6.07) is 7.01. The van der Waals surface area contributed by atoms with Crippen LogP contribution in [-0.2, 0) is 23.1 Å². The lowest BCUT2D eigenvalue weighted by Crippen LogP contribution is -2.13. The van der Waals surface area contributed by atoms with Crippen molar-refractivity contribution in [2.24, 2.45) is 5.73 Å². The van der Waals surface area contributed by atoms with E-state index in [1.54, 1.807) is 24.4 Å². The maximum Gasteiger partial charge on any atom is 0.263 e. The van der Waals surface area contributed by atoms with Gasteiger partial charge in [0.1, 0.15) is 4.90 Å². The van der Waals surface area contributed by atoms with Crippen LogP contribution in [0.1, 0.15) is 18.2 Å². The lowest BCUT2D eigenvalue weighted by atomic mass is 10.2.